The van der Waals surface area contributed by atoms with Crippen molar-refractivity contribution >= 4 is 123 Å². The monoisotopic (exact) mass is 1300 g/mol. The SMILES string of the molecule is CCC(C)[C@@H]1NC(=O)[C@@H]2C[C@@H](O)CN2C(=O)[C@H](CC(=O)O)CC(=O)[C@@H]2CSc3[nH]c4ccc(CC(=O)CNC(=O)C(C)CC(=O)CCCCC(=O)CCNC(=O)/C(Cl)=C(/C)C(=O)O)cc4c3C[C@H](NC1=O)C(=O)NCC(=O)N[C@@H]([C@@H](C)CC)C(=O)NCC(=O)N2. The van der Waals surface area contributed by atoms with E-state index < -0.39 is 181 Å². The van der Waals surface area contributed by atoms with Crippen LogP contribution >= 0.6 is 23.4 Å². The van der Waals surface area contributed by atoms with Crippen LogP contribution < -0.4 is 42.5 Å². The molecule has 10 atom stereocenters. The zero-order valence-electron chi connectivity index (χ0n) is 51.1. The molecule has 3 aliphatic heterocycles. The number of hydrogen-bond donors (Lipinski definition) is 12. The Balaban J connectivity index is 1.43. The first-order chi connectivity index (χ1) is 42.5. The number of ketones is 4. The molecular formula is C60H81ClN10O18S. The topological polar surface area (TPSA) is 432 Å². The van der Waals surface area contributed by atoms with Gasteiger partial charge in [-0.2, -0.15) is 0 Å². The van der Waals surface area contributed by atoms with Crippen molar-refractivity contribution in [3.05, 3.63) is 39.9 Å². The highest BCUT2D eigenvalue weighted by Gasteiger charge is 2.44. The second-order valence-electron chi connectivity index (χ2n) is 23.2. The van der Waals surface area contributed by atoms with E-state index in [0.717, 1.165) is 16.7 Å². The number of aromatic nitrogens is 1. The molecule has 0 saturated carbocycles. The maximum atomic E-state index is 14.7. The number of aliphatic hydroxyl groups excluding tert-OH is 1. The van der Waals surface area contributed by atoms with Crippen LogP contribution in [0.25, 0.3) is 10.9 Å². The Morgan fingerprint density at radius 2 is 1.38 bits per heavy atom. The highest BCUT2D eigenvalue weighted by atomic mass is 35.5. The molecule has 2 aromatic rings. The van der Waals surface area contributed by atoms with E-state index in [0.29, 0.717) is 47.7 Å². The number of thioether (sulfide) groups is 1. The lowest BCUT2D eigenvalue weighted by Crippen LogP contribution is -2.59. The number of halogens is 1. The average Bonchev–Trinajstić information content (AvgIpc) is 2.60. The first-order valence-electron chi connectivity index (χ1n) is 30.0. The number of carboxylic acid groups (broad SMARTS) is 2. The predicted octanol–water partition coefficient (Wildman–Crippen LogP) is 0.162. The van der Waals surface area contributed by atoms with E-state index in [1.54, 1.807) is 45.9 Å². The number of carboxylic acids is 2. The van der Waals surface area contributed by atoms with Crippen LogP contribution in [0, 0.1) is 23.7 Å². The fourth-order valence-corrected chi connectivity index (χ4v) is 11.7. The van der Waals surface area contributed by atoms with Crippen molar-refractivity contribution in [3.8, 4) is 0 Å². The average molecular weight is 1300 g/mol. The summed E-state index contributed by atoms with van der Waals surface area (Å²) in [6.45, 7) is 7.17. The Kier molecular flexibility index (Phi) is 27.6. The summed E-state index contributed by atoms with van der Waals surface area (Å²) < 4.78 is 0. The van der Waals surface area contributed by atoms with Gasteiger partial charge >= 0.3 is 11.9 Å². The molecule has 30 heteroatoms. The largest absolute Gasteiger partial charge is 0.481 e. The van der Waals surface area contributed by atoms with Gasteiger partial charge in [0.2, 0.25) is 47.3 Å². The molecule has 4 heterocycles. The maximum absolute atomic E-state index is 14.7. The summed E-state index contributed by atoms with van der Waals surface area (Å²) in [5, 5.41) is 50.7. The second-order valence-corrected chi connectivity index (χ2v) is 24.6. The first kappa shape index (κ1) is 72.7. The molecule has 1 saturated heterocycles. The third-order valence-corrected chi connectivity index (χ3v) is 17.8. The normalized spacial score (nSPS) is 23.0. The zero-order valence-corrected chi connectivity index (χ0v) is 52.7. The van der Waals surface area contributed by atoms with Gasteiger partial charge < -0.3 is 67.7 Å². The number of Topliss-reactive ketones (excluding diaryl/α,β-unsaturated/α-hetero) is 4. The third kappa shape index (κ3) is 21.0. The summed E-state index contributed by atoms with van der Waals surface area (Å²) in [6, 6.07) is -2.25. The van der Waals surface area contributed by atoms with Gasteiger partial charge in [0.25, 0.3) is 5.91 Å². The number of carbonyl (C=O) groups is 15. The molecule has 9 amide bonds. The zero-order chi connectivity index (χ0) is 66.7. The van der Waals surface area contributed by atoms with E-state index in [4.69, 9.17) is 16.7 Å². The molecule has 0 spiro atoms. The molecule has 3 aliphatic rings. The second kappa shape index (κ2) is 34.2. The van der Waals surface area contributed by atoms with Crippen LogP contribution in [0.5, 0.6) is 0 Å². The molecule has 2 unspecified atom stereocenters. The van der Waals surface area contributed by atoms with E-state index in [2.05, 4.69) is 47.5 Å². The maximum Gasteiger partial charge on any atom is 0.332 e. The molecule has 1 aromatic heterocycles. The van der Waals surface area contributed by atoms with Crippen LogP contribution in [0.4, 0.5) is 0 Å². The van der Waals surface area contributed by atoms with Crippen molar-refractivity contribution in [1.29, 1.82) is 0 Å². The molecule has 5 rings (SSSR count). The number of H-pyrrole nitrogens is 1. The minimum atomic E-state index is -1.62. The highest BCUT2D eigenvalue weighted by molar-refractivity contribution is 7.99. The summed E-state index contributed by atoms with van der Waals surface area (Å²) >= 11 is 6.73. The summed E-state index contributed by atoms with van der Waals surface area (Å²) in [5.74, 6) is -16.0. The summed E-state index contributed by atoms with van der Waals surface area (Å²) in [7, 11) is 0. The lowest BCUT2D eigenvalue weighted by atomic mass is 9.93. The lowest BCUT2D eigenvalue weighted by Gasteiger charge is -2.31. The van der Waals surface area contributed by atoms with Gasteiger partial charge in [-0.1, -0.05) is 65.1 Å². The van der Waals surface area contributed by atoms with Crippen molar-refractivity contribution in [3.63, 3.8) is 0 Å². The Morgan fingerprint density at radius 1 is 0.744 bits per heavy atom. The summed E-state index contributed by atoms with van der Waals surface area (Å²) in [4.78, 5) is 205. The predicted molar refractivity (Wildman–Crippen MR) is 325 cm³/mol. The molecule has 28 nitrogen and oxygen atoms in total. The molecule has 12 N–H and O–H groups in total. The van der Waals surface area contributed by atoms with Gasteiger partial charge in [-0.15, -0.1) is 11.8 Å². The van der Waals surface area contributed by atoms with Gasteiger partial charge in [0.15, 0.2) is 11.6 Å². The number of rotatable bonds is 23. The van der Waals surface area contributed by atoms with Gasteiger partial charge in [-0.3, -0.25) is 67.1 Å². The smallest absolute Gasteiger partial charge is 0.332 e. The van der Waals surface area contributed by atoms with Crippen LogP contribution in [0.1, 0.15) is 123 Å². The molecule has 2 bridgehead atoms. The van der Waals surface area contributed by atoms with Gasteiger partial charge in [0.1, 0.15) is 40.8 Å². The van der Waals surface area contributed by atoms with Crippen molar-refractivity contribution in [2.45, 2.75) is 166 Å². The Labute approximate surface area is 528 Å². The Hall–Kier alpha value is -8.05. The van der Waals surface area contributed by atoms with E-state index in [-0.39, 0.29) is 79.4 Å². The van der Waals surface area contributed by atoms with Crippen molar-refractivity contribution in [2.75, 3.05) is 38.5 Å². The van der Waals surface area contributed by atoms with Crippen molar-refractivity contribution in [2.24, 2.45) is 23.7 Å². The van der Waals surface area contributed by atoms with E-state index in [1.165, 1.54) is 13.8 Å². The number of nitrogens with zero attached hydrogens (tertiary/aromatic N) is 1. The quantitative estimate of drug-likeness (QED) is 0.0521. The first-order valence-corrected chi connectivity index (χ1v) is 31.3. The third-order valence-electron chi connectivity index (χ3n) is 16.2. The van der Waals surface area contributed by atoms with Crippen LogP contribution in [0.2, 0.25) is 0 Å². The number of aliphatic hydroxyl groups is 1. The molecular weight excluding hydrogens is 1220 g/mol. The molecule has 492 valence electrons. The molecule has 90 heavy (non-hydrogen) atoms. The fourth-order valence-electron chi connectivity index (χ4n) is 10.4. The highest BCUT2D eigenvalue weighted by Crippen LogP contribution is 2.34. The summed E-state index contributed by atoms with van der Waals surface area (Å²) in [5.41, 5.74) is 0.816. The lowest BCUT2D eigenvalue weighted by molar-refractivity contribution is -0.148. The summed E-state index contributed by atoms with van der Waals surface area (Å²) in [6.07, 6.45) is -2.52. The minimum absolute atomic E-state index is 0.0410. The van der Waals surface area contributed by atoms with Crippen molar-refractivity contribution in [1.82, 2.24) is 52.4 Å². The van der Waals surface area contributed by atoms with Crippen molar-refractivity contribution < 1.29 is 87.2 Å². The van der Waals surface area contributed by atoms with E-state index in [9.17, 15) is 82.1 Å². The molecule has 1 fully saturated rings. The fraction of sp³-hybridized carbons (Fsp3) is 0.583. The van der Waals surface area contributed by atoms with E-state index in [1.807, 2.05) is 0 Å². The number of carbonyl (C=O) groups excluding carboxylic acids is 13. The Bertz CT molecular complexity index is 3150. The van der Waals surface area contributed by atoms with Crippen LogP contribution in [-0.2, 0) is 84.8 Å². The van der Waals surface area contributed by atoms with E-state index >= 15 is 0 Å². The van der Waals surface area contributed by atoms with Gasteiger partial charge in [0, 0.05) is 87.0 Å². The number of benzene rings is 1. The van der Waals surface area contributed by atoms with Crippen LogP contribution in [0.3, 0.4) is 0 Å². The van der Waals surface area contributed by atoms with Crippen LogP contribution in [-0.4, -0.2) is 188 Å². The van der Waals surface area contributed by atoms with Gasteiger partial charge in [-0.25, -0.2) is 4.79 Å². The number of fused-ring (bicyclic) bond motifs is 5. The number of unbranched alkanes of at least 4 members (excludes halogenated alkanes) is 1. The number of aliphatic carboxylic acids is 2. The van der Waals surface area contributed by atoms with Gasteiger partial charge in [0.05, 0.1) is 54.7 Å². The standard InChI is InChI=1S/C60H81ClN10O18S/c1-7-29(3)50-56(85)65-25-46(77)66-43-28-90-58-40(23-42(53(82)64-26-47(78)69-50)67-57(86)51(30(4)8-2)70-54(83)44-22-38(75)27-71(44)59(87)34(20-45(43)76)21-48(79)80)39-19-33(13-14-41(39)68-58)18-37(74)24-63-52(81)31(5)17-36(73)12-10-9-11-35(72)15-16-62-55(84)49(61)32(6)60(88)89/h13-14,19,29-31,34,38,42-44,50-51,68,75H,7-12,15-18,20-28H2,1-6H3,(H,62,84)(H,63,81)(H,64,82)(H,65,85)(H,66,77)(H,67,86)(H,69,78)(H,70,83)(H,79,80)(H,88,89)/b49-32+/t29-,30?,31?,34-,38+,42-,43-,44-,50-,51-/m0/s1. The molecule has 1 aromatic carbocycles. The van der Waals surface area contributed by atoms with Crippen LogP contribution in [0.15, 0.2) is 33.8 Å². The minimum Gasteiger partial charge on any atom is -0.481 e. The molecule has 0 aliphatic carbocycles. The number of hydrogen-bond acceptors (Lipinski definition) is 17. The molecule has 0 radical (unpaired) electrons. The number of nitrogens with one attached hydrogen (secondary N) is 9. The number of amides is 9. The number of aromatic amines is 1. The van der Waals surface area contributed by atoms with Gasteiger partial charge in [-0.05, 0) is 54.9 Å². The Morgan fingerprint density at radius 3 is 2.02 bits per heavy atom.